The van der Waals surface area contributed by atoms with E-state index in [4.69, 9.17) is 0 Å². The lowest BCUT2D eigenvalue weighted by Crippen LogP contribution is -1.99. The third kappa shape index (κ3) is 2.75. The lowest BCUT2D eigenvalue weighted by molar-refractivity contribution is 0.602. The van der Waals surface area contributed by atoms with Gasteiger partial charge in [0.2, 0.25) is 0 Å². The highest BCUT2D eigenvalue weighted by Gasteiger charge is 2.11. The molecular formula is C15H12FN3O2S. The maximum absolute atomic E-state index is 13.0. The van der Waals surface area contributed by atoms with Gasteiger partial charge in [0.1, 0.15) is 12.1 Å². The summed E-state index contributed by atoms with van der Waals surface area (Å²) in [6.45, 7) is 0. The van der Waals surface area contributed by atoms with E-state index in [1.165, 1.54) is 30.6 Å². The fraction of sp³-hybridized carbons (Fsp3) is 0.0667. The second kappa shape index (κ2) is 5.34. The molecule has 1 heterocycles. The van der Waals surface area contributed by atoms with E-state index in [-0.39, 0.29) is 10.7 Å². The van der Waals surface area contributed by atoms with E-state index in [1.807, 2.05) is 0 Å². The van der Waals surface area contributed by atoms with Crippen molar-refractivity contribution in [2.24, 2.45) is 0 Å². The maximum Gasteiger partial charge on any atom is 0.175 e. The number of hydrogen-bond acceptors (Lipinski definition) is 4. The molecule has 1 aromatic heterocycles. The van der Waals surface area contributed by atoms with Gasteiger partial charge in [0.25, 0.3) is 0 Å². The summed E-state index contributed by atoms with van der Waals surface area (Å²) < 4.78 is 37.7. The molecule has 2 aromatic carbocycles. The summed E-state index contributed by atoms with van der Waals surface area (Å²) in [7, 11) is -3.24. The minimum Gasteiger partial charge on any atom is -0.282 e. The summed E-state index contributed by atoms with van der Waals surface area (Å²) in [6.07, 6.45) is 2.68. The van der Waals surface area contributed by atoms with Crippen molar-refractivity contribution in [3.05, 3.63) is 60.7 Å². The third-order valence-corrected chi connectivity index (χ3v) is 4.32. The second-order valence-corrected chi connectivity index (χ2v) is 6.81. The Kier molecular flexibility index (Phi) is 3.50. The van der Waals surface area contributed by atoms with E-state index in [1.54, 1.807) is 28.8 Å². The number of benzene rings is 2. The highest BCUT2D eigenvalue weighted by Crippen LogP contribution is 2.21. The number of halogens is 1. The highest BCUT2D eigenvalue weighted by molar-refractivity contribution is 7.90. The molecule has 5 nitrogen and oxygen atoms in total. The number of aromatic nitrogens is 3. The fourth-order valence-corrected chi connectivity index (χ4v) is 2.70. The molecule has 0 radical (unpaired) electrons. The molecule has 0 amide bonds. The summed E-state index contributed by atoms with van der Waals surface area (Å²) in [4.78, 5) is 0.243. The van der Waals surface area contributed by atoms with E-state index < -0.39 is 9.84 Å². The Hall–Kier alpha value is -2.54. The Labute approximate surface area is 127 Å². The smallest absolute Gasteiger partial charge is 0.175 e. The predicted octanol–water partition coefficient (Wildman–Crippen LogP) is 2.48. The summed E-state index contributed by atoms with van der Waals surface area (Å²) in [6, 6.07) is 12.3. The molecule has 22 heavy (non-hydrogen) atoms. The summed E-state index contributed by atoms with van der Waals surface area (Å²) in [5.41, 5.74) is 1.43. The molecule has 0 bridgehead atoms. The summed E-state index contributed by atoms with van der Waals surface area (Å²) >= 11 is 0. The van der Waals surface area contributed by atoms with Crippen LogP contribution in [0.15, 0.2) is 59.8 Å². The Morgan fingerprint density at radius 3 is 2.23 bits per heavy atom. The zero-order valence-electron chi connectivity index (χ0n) is 11.6. The largest absolute Gasteiger partial charge is 0.282 e. The van der Waals surface area contributed by atoms with Gasteiger partial charge < -0.3 is 0 Å². The molecule has 0 spiro atoms. The zero-order valence-corrected chi connectivity index (χ0v) is 12.5. The molecule has 0 N–H and O–H groups in total. The Bertz CT molecular complexity index is 901. The quantitative estimate of drug-likeness (QED) is 0.744. The molecule has 0 aliphatic carbocycles. The number of hydrogen-bond donors (Lipinski definition) is 0. The van der Waals surface area contributed by atoms with Crippen molar-refractivity contribution >= 4 is 9.84 Å². The van der Waals surface area contributed by atoms with Crippen LogP contribution in [0, 0.1) is 5.82 Å². The molecule has 0 fully saturated rings. The van der Waals surface area contributed by atoms with E-state index in [9.17, 15) is 12.8 Å². The van der Waals surface area contributed by atoms with Crippen molar-refractivity contribution in [3.8, 4) is 17.1 Å². The van der Waals surface area contributed by atoms with Crippen molar-refractivity contribution < 1.29 is 12.8 Å². The van der Waals surface area contributed by atoms with Crippen LogP contribution in [-0.4, -0.2) is 29.4 Å². The van der Waals surface area contributed by atoms with Gasteiger partial charge in [-0.05, 0) is 48.5 Å². The topological polar surface area (TPSA) is 64.8 Å². The van der Waals surface area contributed by atoms with Gasteiger partial charge in [-0.15, -0.1) is 10.2 Å². The van der Waals surface area contributed by atoms with Crippen molar-refractivity contribution in [2.45, 2.75) is 4.90 Å². The van der Waals surface area contributed by atoms with Gasteiger partial charge in [-0.3, -0.25) is 4.57 Å². The third-order valence-electron chi connectivity index (χ3n) is 3.19. The van der Waals surface area contributed by atoms with E-state index >= 15 is 0 Å². The average molecular weight is 317 g/mol. The standard InChI is InChI=1S/C15H12FN3O2S/c1-22(20,21)14-8-6-13(7-9-14)19-10-17-18-15(19)11-2-4-12(16)5-3-11/h2-10H,1H3. The molecule has 0 saturated carbocycles. The van der Waals surface area contributed by atoms with Gasteiger partial charge >= 0.3 is 0 Å². The van der Waals surface area contributed by atoms with Crippen LogP contribution in [0.25, 0.3) is 17.1 Å². The highest BCUT2D eigenvalue weighted by atomic mass is 32.2. The average Bonchev–Trinajstić information content (AvgIpc) is 2.97. The van der Waals surface area contributed by atoms with Gasteiger partial charge in [-0.2, -0.15) is 0 Å². The molecule has 3 rings (SSSR count). The number of nitrogens with zero attached hydrogens (tertiary/aromatic N) is 3. The van der Waals surface area contributed by atoms with Crippen LogP contribution < -0.4 is 0 Å². The molecule has 0 aliphatic rings. The Morgan fingerprint density at radius 1 is 1.00 bits per heavy atom. The molecule has 0 aliphatic heterocycles. The Morgan fingerprint density at radius 2 is 1.64 bits per heavy atom. The predicted molar refractivity (Wildman–Crippen MR) is 79.9 cm³/mol. The normalized spacial score (nSPS) is 11.5. The monoisotopic (exact) mass is 317 g/mol. The zero-order chi connectivity index (χ0) is 15.7. The molecule has 0 saturated heterocycles. The second-order valence-electron chi connectivity index (χ2n) is 4.80. The first kappa shape index (κ1) is 14.4. The van der Waals surface area contributed by atoms with Crippen molar-refractivity contribution in [1.82, 2.24) is 14.8 Å². The van der Waals surface area contributed by atoms with Crippen LogP contribution in [-0.2, 0) is 9.84 Å². The van der Waals surface area contributed by atoms with Crippen LogP contribution >= 0.6 is 0 Å². The Balaban J connectivity index is 2.03. The van der Waals surface area contributed by atoms with Crippen LogP contribution in [0.3, 0.4) is 0 Å². The summed E-state index contributed by atoms with van der Waals surface area (Å²) in [5, 5.41) is 7.91. The van der Waals surface area contributed by atoms with Crippen molar-refractivity contribution in [3.63, 3.8) is 0 Å². The van der Waals surface area contributed by atoms with Crippen molar-refractivity contribution in [1.29, 1.82) is 0 Å². The first-order valence-corrected chi connectivity index (χ1v) is 8.31. The number of sulfone groups is 1. The van der Waals surface area contributed by atoms with Gasteiger partial charge in [-0.1, -0.05) is 0 Å². The minimum atomic E-state index is -3.24. The van der Waals surface area contributed by atoms with Crippen LogP contribution in [0.4, 0.5) is 4.39 Å². The molecule has 0 unspecified atom stereocenters. The van der Waals surface area contributed by atoms with Gasteiger partial charge in [-0.25, -0.2) is 12.8 Å². The maximum atomic E-state index is 13.0. The molecule has 112 valence electrons. The first-order chi connectivity index (χ1) is 10.4. The molecule has 0 atom stereocenters. The van der Waals surface area contributed by atoms with Crippen LogP contribution in [0.2, 0.25) is 0 Å². The molecule has 7 heteroatoms. The lowest BCUT2D eigenvalue weighted by Gasteiger charge is -2.07. The van der Waals surface area contributed by atoms with Gasteiger partial charge in [0.15, 0.2) is 15.7 Å². The molecule has 3 aromatic rings. The van der Waals surface area contributed by atoms with Gasteiger partial charge in [0.05, 0.1) is 4.90 Å². The molecular weight excluding hydrogens is 305 g/mol. The first-order valence-electron chi connectivity index (χ1n) is 6.41. The van der Waals surface area contributed by atoms with E-state index in [2.05, 4.69) is 10.2 Å². The lowest BCUT2D eigenvalue weighted by atomic mass is 10.2. The summed E-state index contributed by atoms with van der Waals surface area (Å²) in [5.74, 6) is 0.222. The SMILES string of the molecule is CS(=O)(=O)c1ccc(-n2cnnc2-c2ccc(F)cc2)cc1. The number of rotatable bonds is 3. The van der Waals surface area contributed by atoms with Crippen molar-refractivity contribution in [2.75, 3.05) is 6.26 Å². The van der Waals surface area contributed by atoms with Crippen LogP contribution in [0.1, 0.15) is 0 Å². The fourth-order valence-electron chi connectivity index (χ4n) is 2.07. The minimum absolute atomic E-state index is 0.243. The van der Waals surface area contributed by atoms with Gasteiger partial charge in [0, 0.05) is 17.5 Å². The van der Waals surface area contributed by atoms with E-state index in [0.29, 0.717) is 11.4 Å². The van der Waals surface area contributed by atoms with Crippen LogP contribution in [0.5, 0.6) is 0 Å². The van der Waals surface area contributed by atoms with E-state index in [0.717, 1.165) is 11.9 Å².